The normalized spacial score (nSPS) is 13.9. The standard InChI is InChI=1S/C13H20N2O2/c1-9-4-6-12(7-5-9)17-10(2)8-15-13(16)11(3)14/h4-7,10-11H,8,14H2,1-3H3,(H,15,16)/t10?,11-/m1/s1. The lowest BCUT2D eigenvalue weighted by atomic mass is 10.2. The van der Waals surface area contributed by atoms with E-state index in [0.29, 0.717) is 6.54 Å². The average Bonchev–Trinajstić information content (AvgIpc) is 2.29. The SMILES string of the molecule is Cc1ccc(OC(C)CNC(=O)[C@@H](C)N)cc1. The molecule has 0 fully saturated rings. The predicted octanol–water partition coefficient (Wildman–Crippen LogP) is 1.23. The Morgan fingerprint density at radius 1 is 1.35 bits per heavy atom. The predicted molar refractivity (Wildman–Crippen MR) is 67.9 cm³/mol. The zero-order chi connectivity index (χ0) is 12.8. The van der Waals surface area contributed by atoms with E-state index < -0.39 is 6.04 Å². The Morgan fingerprint density at radius 2 is 1.94 bits per heavy atom. The van der Waals surface area contributed by atoms with Crippen LogP contribution in [0.4, 0.5) is 0 Å². The van der Waals surface area contributed by atoms with E-state index in [1.807, 2.05) is 38.1 Å². The molecular formula is C13H20N2O2. The van der Waals surface area contributed by atoms with Crippen LogP contribution in [0.15, 0.2) is 24.3 Å². The van der Waals surface area contributed by atoms with E-state index in [1.165, 1.54) is 5.56 Å². The van der Waals surface area contributed by atoms with Crippen LogP contribution < -0.4 is 15.8 Å². The van der Waals surface area contributed by atoms with Crippen molar-refractivity contribution in [2.24, 2.45) is 5.73 Å². The molecule has 4 nitrogen and oxygen atoms in total. The van der Waals surface area contributed by atoms with Crippen molar-refractivity contribution in [3.63, 3.8) is 0 Å². The second-order valence-corrected chi connectivity index (χ2v) is 4.28. The smallest absolute Gasteiger partial charge is 0.236 e. The Morgan fingerprint density at radius 3 is 2.47 bits per heavy atom. The van der Waals surface area contributed by atoms with Crippen molar-refractivity contribution in [1.82, 2.24) is 5.32 Å². The van der Waals surface area contributed by atoms with Gasteiger partial charge in [0.15, 0.2) is 0 Å². The molecule has 3 N–H and O–H groups in total. The summed E-state index contributed by atoms with van der Waals surface area (Å²) < 4.78 is 5.64. The quantitative estimate of drug-likeness (QED) is 0.808. The third-order valence-electron chi connectivity index (χ3n) is 2.34. The Labute approximate surface area is 102 Å². The molecule has 0 spiro atoms. The molecule has 0 radical (unpaired) electrons. The third kappa shape index (κ3) is 4.87. The number of carbonyl (C=O) groups is 1. The lowest BCUT2D eigenvalue weighted by molar-refractivity contribution is -0.122. The van der Waals surface area contributed by atoms with E-state index in [2.05, 4.69) is 5.32 Å². The van der Waals surface area contributed by atoms with Gasteiger partial charge in [0.1, 0.15) is 11.9 Å². The molecule has 0 aliphatic heterocycles. The number of nitrogens with one attached hydrogen (secondary N) is 1. The van der Waals surface area contributed by atoms with Crippen molar-refractivity contribution in [2.45, 2.75) is 32.9 Å². The molecule has 0 aromatic heterocycles. The highest BCUT2D eigenvalue weighted by Gasteiger charge is 2.09. The zero-order valence-corrected chi connectivity index (χ0v) is 10.6. The van der Waals surface area contributed by atoms with Gasteiger partial charge in [0.05, 0.1) is 12.6 Å². The number of hydrogen-bond acceptors (Lipinski definition) is 3. The summed E-state index contributed by atoms with van der Waals surface area (Å²) in [6, 6.07) is 7.32. The van der Waals surface area contributed by atoms with E-state index >= 15 is 0 Å². The molecule has 1 rings (SSSR count). The molecular weight excluding hydrogens is 216 g/mol. The van der Waals surface area contributed by atoms with Crippen LogP contribution in [0.25, 0.3) is 0 Å². The van der Waals surface area contributed by atoms with Crippen molar-refractivity contribution < 1.29 is 9.53 Å². The molecule has 4 heteroatoms. The van der Waals surface area contributed by atoms with Crippen molar-refractivity contribution in [1.29, 1.82) is 0 Å². The number of benzene rings is 1. The van der Waals surface area contributed by atoms with E-state index in [9.17, 15) is 4.79 Å². The van der Waals surface area contributed by atoms with E-state index in [-0.39, 0.29) is 12.0 Å². The largest absolute Gasteiger partial charge is 0.489 e. The van der Waals surface area contributed by atoms with Gasteiger partial charge in [-0.05, 0) is 32.9 Å². The third-order valence-corrected chi connectivity index (χ3v) is 2.34. The van der Waals surface area contributed by atoms with Gasteiger partial charge in [-0.2, -0.15) is 0 Å². The summed E-state index contributed by atoms with van der Waals surface area (Å²) in [7, 11) is 0. The second kappa shape index (κ2) is 6.25. The first-order valence-corrected chi connectivity index (χ1v) is 5.75. The molecule has 2 atom stereocenters. The van der Waals surface area contributed by atoms with Gasteiger partial charge in [0, 0.05) is 0 Å². The maximum atomic E-state index is 11.3. The van der Waals surface area contributed by atoms with Gasteiger partial charge in [-0.15, -0.1) is 0 Å². The van der Waals surface area contributed by atoms with Crippen LogP contribution in [0.2, 0.25) is 0 Å². The van der Waals surface area contributed by atoms with Gasteiger partial charge in [-0.3, -0.25) is 4.79 Å². The summed E-state index contributed by atoms with van der Waals surface area (Å²) in [5, 5.41) is 2.72. The summed E-state index contributed by atoms with van der Waals surface area (Å²) in [5.74, 6) is 0.641. The van der Waals surface area contributed by atoms with Crippen LogP contribution in [-0.2, 0) is 4.79 Å². The molecule has 1 unspecified atom stereocenters. The minimum atomic E-state index is -0.485. The monoisotopic (exact) mass is 236 g/mol. The summed E-state index contributed by atoms with van der Waals surface area (Å²) in [6.45, 7) is 6.03. The molecule has 94 valence electrons. The maximum absolute atomic E-state index is 11.3. The van der Waals surface area contributed by atoms with Crippen LogP contribution in [0.5, 0.6) is 5.75 Å². The number of rotatable bonds is 5. The van der Waals surface area contributed by atoms with Crippen LogP contribution in [0, 0.1) is 6.92 Å². The average molecular weight is 236 g/mol. The van der Waals surface area contributed by atoms with Crippen molar-refractivity contribution in [3.05, 3.63) is 29.8 Å². The topological polar surface area (TPSA) is 64.3 Å². The van der Waals surface area contributed by atoms with Crippen LogP contribution in [0.3, 0.4) is 0 Å². The molecule has 1 aromatic rings. The zero-order valence-electron chi connectivity index (χ0n) is 10.6. The number of carbonyl (C=O) groups excluding carboxylic acids is 1. The molecule has 0 saturated carbocycles. The molecule has 1 aromatic carbocycles. The first-order valence-electron chi connectivity index (χ1n) is 5.75. The fraction of sp³-hybridized carbons (Fsp3) is 0.462. The van der Waals surface area contributed by atoms with Crippen molar-refractivity contribution >= 4 is 5.91 Å². The number of ether oxygens (including phenoxy) is 1. The van der Waals surface area contributed by atoms with Gasteiger partial charge in [0.25, 0.3) is 0 Å². The highest BCUT2D eigenvalue weighted by molar-refractivity contribution is 5.80. The molecule has 0 heterocycles. The number of hydrogen-bond donors (Lipinski definition) is 2. The lowest BCUT2D eigenvalue weighted by Gasteiger charge is -2.16. The van der Waals surface area contributed by atoms with Gasteiger partial charge >= 0.3 is 0 Å². The van der Waals surface area contributed by atoms with Gasteiger partial charge in [-0.1, -0.05) is 17.7 Å². The summed E-state index contributed by atoms with van der Waals surface area (Å²) in [4.78, 5) is 11.3. The molecule has 0 aliphatic rings. The Hall–Kier alpha value is -1.55. The maximum Gasteiger partial charge on any atom is 0.236 e. The number of aryl methyl sites for hydroxylation is 1. The number of nitrogens with two attached hydrogens (primary N) is 1. The Bertz CT molecular complexity index is 360. The van der Waals surface area contributed by atoms with Crippen LogP contribution in [0.1, 0.15) is 19.4 Å². The van der Waals surface area contributed by atoms with E-state index in [1.54, 1.807) is 6.92 Å². The summed E-state index contributed by atoms with van der Waals surface area (Å²) in [6.07, 6.45) is -0.0830. The molecule has 0 bridgehead atoms. The molecule has 0 aliphatic carbocycles. The fourth-order valence-electron chi connectivity index (χ4n) is 1.30. The van der Waals surface area contributed by atoms with E-state index in [4.69, 9.17) is 10.5 Å². The van der Waals surface area contributed by atoms with Crippen molar-refractivity contribution in [2.75, 3.05) is 6.54 Å². The first-order chi connectivity index (χ1) is 7.99. The van der Waals surface area contributed by atoms with Crippen LogP contribution in [-0.4, -0.2) is 24.6 Å². The Kier molecular flexibility index (Phi) is 4.97. The van der Waals surface area contributed by atoms with Gasteiger partial charge in [0.2, 0.25) is 5.91 Å². The van der Waals surface area contributed by atoms with Crippen molar-refractivity contribution in [3.8, 4) is 5.75 Å². The second-order valence-electron chi connectivity index (χ2n) is 4.28. The minimum Gasteiger partial charge on any atom is -0.489 e. The summed E-state index contributed by atoms with van der Waals surface area (Å²) >= 11 is 0. The Balaban J connectivity index is 2.37. The van der Waals surface area contributed by atoms with Gasteiger partial charge < -0.3 is 15.8 Å². The lowest BCUT2D eigenvalue weighted by Crippen LogP contribution is -2.42. The number of amides is 1. The first kappa shape index (κ1) is 13.5. The van der Waals surface area contributed by atoms with Crippen LogP contribution >= 0.6 is 0 Å². The van der Waals surface area contributed by atoms with Gasteiger partial charge in [-0.25, -0.2) is 0 Å². The van der Waals surface area contributed by atoms with E-state index in [0.717, 1.165) is 5.75 Å². The highest BCUT2D eigenvalue weighted by atomic mass is 16.5. The molecule has 0 saturated heterocycles. The fourth-order valence-corrected chi connectivity index (χ4v) is 1.30. The molecule has 1 amide bonds. The summed E-state index contributed by atoms with van der Waals surface area (Å²) in [5.41, 5.74) is 6.63. The minimum absolute atomic E-state index is 0.0830. The molecule has 17 heavy (non-hydrogen) atoms. The highest BCUT2D eigenvalue weighted by Crippen LogP contribution is 2.12.